The molecule has 1 saturated heterocycles. The highest BCUT2D eigenvalue weighted by Crippen LogP contribution is 2.43. The maximum absolute atomic E-state index is 2.63. The summed E-state index contributed by atoms with van der Waals surface area (Å²) in [4.78, 5) is 2.63. The molecule has 0 radical (unpaired) electrons. The molecule has 1 aliphatic heterocycles. The number of nitrogens with zero attached hydrogens (tertiary/aromatic N) is 1. The van der Waals surface area contributed by atoms with Gasteiger partial charge in [-0.05, 0) is 28.2 Å². The second kappa shape index (κ2) is 6.59. The van der Waals surface area contributed by atoms with E-state index in [0.29, 0.717) is 17.9 Å². The van der Waals surface area contributed by atoms with E-state index in [1.165, 1.54) is 22.3 Å². The minimum Gasteiger partial charge on any atom is -0.292 e. The quantitative estimate of drug-likeness (QED) is 0.606. The second-order valence-corrected chi connectivity index (χ2v) is 7.45. The van der Waals surface area contributed by atoms with E-state index in [0.717, 1.165) is 13.1 Å². The minimum atomic E-state index is 0.356. The van der Waals surface area contributed by atoms with Crippen molar-refractivity contribution in [3.05, 3.63) is 113 Å². The third-order valence-electron chi connectivity index (χ3n) is 5.88. The Kier molecular flexibility index (Phi) is 3.95. The van der Waals surface area contributed by atoms with Crippen LogP contribution in [0.4, 0.5) is 0 Å². The van der Waals surface area contributed by atoms with Gasteiger partial charge in [-0.15, -0.1) is 0 Å². The van der Waals surface area contributed by atoms with Gasteiger partial charge in [0.2, 0.25) is 0 Å². The number of benzene rings is 3. The lowest BCUT2D eigenvalue weighted by Gasteiger charge is -2.47. The molecule has 3 aromatic carbocycles. The van der Waals surface area contributed by atoms with Crippen LogP contribution in [0.25, 0.3) is 6.08 Å². The molecule has 0 N–H and O–H groups in total. The van der Waals surface area contributed by atoms with Crippen LogP contribution in [0.2, 0.25) is 0 Å². The predicted molar refractivity (Wildman–Crippen MR) is 108 cm³/mol. The van der Waals surface area contributed by atoms with Gasteiger partial charge in [-0.25, -0.2) is 0 Å². The highest BCUT2D eigenvalue weighted by molar-refractivity contribution is 5.62. The van der Waals surface area contributed by atoms with Crippen LogP contribution in [0, 0.1) is 5.92 Å². The molecule has 1 atom stereocenters. The SMILES string of the molecule is C1=CC(C2CN(C(c3ccccc3)c3ccccc3)C2)c2ccccc21. The van der Waals surface area contributed by atoms with Crippen LogP contribution >= 0.6 is 0 Å². The first-order chi connectivity index (χ1) is 12.9. The summed E-state index contributed by atoms with van der Waals surface area (Å²) >= 11 is 0. The molecule has 1 heteroatoms. The minimum absolute atomic E-state index is 0.356. The molecule has 3 aromatic rings. The maximum Gasteiger partial charge on any atom is 0.0602 e. The predicted octanol–water partition coefficient (Wildman–Crippen LogP) is 5.52. The van der Waals surface area contributed by atoms with Crippen molar-refractivity contribution in [2.75, 3.05) is 13.1 Å². The Morgan fingerprint density at radius 3 is 1.92 bits per heavy atom. The first kappa shape index (κ1) is 15.6. The van der Waals surface area contributed by atoms with E-state index in [2.05, 4.69) is 102 Å². The summed E-state index contributed by atoms with van der Waals surface area (Å²) in [6.45, 7) is 2.30. The summed E-state index contributed by atoms with van der Waals surface area (Å²) in [5.41, 5.74) is 5.69. The molecule has 26 heavy (non-hydrogen) atoms. The Labute approximate surface area is 155 Å². The van der Waals surface area contributed by atoms with Gasteiger partial charge in [0, 0.05) is 19.0 Å². The molecule has 1 nitrogen and oxygen atoms in total. The van der Waals surface area contributed by atoms with Crippen molar-refractivity contribution in [1.29, 1.82) is 0 Å². The molecule has 0 spiro atoms. The lowest BCUT2D eigenvalue weighted by atomic mass is 9.80. The first-order valence-electron chi connectivity index (χ1n) is 9.51. The van der Waals surface area contributed by atoms with Gasteiger partial charge in [-0.2, -0.15) is 0 Å². The Bertz CT molecular complexity index is 868. The summed E-state index contributed by atoms with van der Waals surface area (Å²) in [6, 6.07) is 31.0. The first-order valence-corrected chi connectivity index (χ1v) is 9.51. The molecule has 1 aliphatic carbocycles. The Balaban J connectivity index is 1.39. The van der Waals surface area contributed by atoms with Crippen LogP contribution in [0.5, 0.6) is 0 Å². The molecule has 0 saturated carbocycles. The van der Waals surface area contributed by atoms with Gasteiger partial charge in [0.25, 0.3) is 0 Å². The second-order valence-electron chi connectivity index (χ2n) is 7.45. The third kappa shape index (κ3) is 2.69. The van der Waals surface area contributed by atoms with E-state index in [4.69, 9.17) is 0 Å². The van der Waals surface area contributed by atoms with E-state index >= 15 is 0 Å². The van der Waals surface area contributed by atoms with Crippen molar-refractivity contribution in [2.45, 2.75) is 12.0 Å². The fourth-order valence-electron chi connectivity index (χ4n) is 4.56. The fraction of sp³-hybridized carbons (Fsp3) is 0.200. The largest absolute Gasteiger partial charge is 0.292 e. The van der Waals surface area contributed by atoms with E-state index in [1.807, 2.05) is 0 Å². The van der Waals surface area contributed by atoms with E-state index in [9.17, 15) is 0 Å². The maximum atomic E-state index is 2.63. The van der Waals surface area contributed by atoms with Gasteiger partial charge < -0.3 is 0 Å². The van der Waals surface area contributed by atoms with Crippen LogP contribution < -0.4 is 0 Å². The van der Waals surface area contributed by atoms with Crippen LogP contribution in [-0.4, -0.2) is 18.0 Å². The third-order valence-corrected chi connectivity index (χ3v) is 5.88. The molecule has 128 valence electrons. The average molecular weight is 337 g/mol. The van der Waals surface area contributed by atoms with Gasteiger partial charge in [0.05, 0.1) is 6.04 Å². The van der Waals surface area contributed by atoms with Crippen molar-refractivity contribution in [3.63, 3.8) is 0 Å². The van der Waals surface area contributed by atoms with Gasteiger partial charge >= 0.3 is 0 Å². The molecule has 2 aliphatic rings. The normalized spacial score (nSPS) is 19.5. The van der Waals surface area contributed by atoms with E-state index in [1.54, 1.807) is 0 Å². The van der Waals surface area contributed by atoms with Crippen molar-refractivity contribution in [3.8, 4) is 0 Å². The Hall–Kier alpha value is -2.64. The zero-order valence-corrected chi connectivity index (χ0v) is 14.8. The number of hydrogen-bond acceptors (Lipinski definition) is 1. The molecule has 0 aromatic heterocycles. The zero-order chi connectivity index (χ0) is 17.3. The summed E-state index contributed by atoms with van der Waals surface area (Å²) in [7, 11) is 0. The number of fused-ring (bicyclic) bond motifs is 1. The molecule has 5 rings (SSSR count). The van der Waals surface area contributed by atoms with E-state index < -0.39 is 0 Å². The highest BCUT2D eigenvalue weighted by atomic mass is 15.2. The van der Waals surface area contributed by atoms with Crippen LogP contribution in [0.15, 0.2) is 91.0 Å². The van der Waals surface area contributed by atoms with Gasteiger partial charge in [0.15, 0.2) is 0 Å². The lowest BCUT2D eigenvalue weighted by Crippen LogP contribution is -2.50. The summed E-state index contributed by atoms with van der Waals surface area (Å²) in [5, 5.41) is 0. The average Bonchev–Trinajstić information content (AvgIpc) is 3.09. The molecule has 1 fully saturated rings. The summed E-state index contributed by atoms with van der Waals surface area (Å²) in [5.74, 6) is 1.29. The van der Waals surface area contributed by atoms with Crippen molar-refractivity contribution < 1.29 is 0 Å². The molecule has 1 heterocycles. The summed E-state index contributed by atoms with van der Waals surface area (Å²) in [6.07, 6.45) is 4.71. The van der Waals surface area contributed by atoms with Crippen LogP contribution in [-0.2, 0) is 0 Å². The number of rotatable bonds is 4. The summed E-state index contributed by atoms with van der Waals surface area (Å²) < 4.78 is 0. The molecular weight excluding hydrogens is 314 g/mol. The monoisotopic (exact) mass is 337 g/mol. The van der Waals surface area contributed by atoms with Crippen molar-refractivity contribution >= 4 is 6.08 Å². The Morgan fingerprint density at radius 1 is 0.692 bits per heavy atom. The van der Waals surface area contributed by atoms with Gasteiger partial charge in [-0.1, -0.05) is 97.1 Å². The lowest BCUT2D eigenvalue weighted by molar-refractivity contribution is 0.0607. The van der Waals surface area contributed by atoms with E-state index in [-0.39, 0.29) is 0 Å². The number of hydrogen-bond donors (Lipinski definition) is 0. The molecular formula is C25H23N. The fourth-order valence-corrected chi connectivity index (χ4v) is 4.56. The number of allylic oxidation sites excluding steroid dienone is 1. The topological polar surface area (TPSA) is 3.24 Å². The van der Waals surface area contributed by atoms with Crippen molar-refractivity contribution in [2.24, 2.45) is 5.92 Å². The standard InChI is InChI=1S/C25H23N/c1-3-10-20(11-4-1)25(21-12-5-2-6-13-21)26-17-22(18-26)24-16-15-19-9-7-8-14-23(19)24/h1-16,22,24-25H,17-18H2. The Morgan fingerprint density at radius 2 is 1.27 bits per heavy atom. The molecule has 0 amide bonds. The van der Waals surface area contributed by atoms with Crippen molar-refractivity contribution in [1.82, 2.24) is 4.90 Å². The smallest absolute Gasteiger partial charge is 0.0602 e. The van der Waals surface area contributed by atoms with Gasteiger partial charge in [-0.3, -0.25) is 4.90 Å². The highest BCUT2D eigenvalue weighted by Gasteiger charge is 2.39. The molecule has 1 unspecified atom stereocenters. The zero-order valence-electron chi connectivity index (χ0n) is 14.8. The number of likely N-dealkylation sites (tertiary alicyclic amines) is 1. The van der Waals surface area contributed by atoms with Crippen LogP contribution in [0.1, 0.15) is 34.2 Å². The van der Waals surface area contributed by atoms with Gasteiger partial charge in [0.1, 0.15) is 0 Å². The van der Waals surface area contributed by atoms with Crippen LogP contribution in [0.3, 0.4) is 0 Å². The molecule has 0 bridgehead atoms.